The Morgan fingerprint density at radius 3 is 1.76 bits per heavy atom. The first-order valence-corrected chi connectivity index (χ1v) is 8.42. The van der Waals surface area contributed by atoms with E-state index in [-0.39, 0.29) is 0 Å². The highest BCUT2D eigenvalue weighted by molar-refractivity contribution is 5.77. The van der Waals surface area contributed by atoms with Crippen molar-refractivity contribution in [1.29, 1.82) is 0 Å². The molecule has 0 heterocycles. The summed E-state index contributed by atoms with van der Waals surface area (Å²) < 4.78 is 0. The Bertz CT molecular complexity index is 345. The third-order valence-electron chi connectivity index (χ3n) is 3.19. The van der Waals surface area contributed by atoms with E-state index in [4.69, 9.17) is 0 Å². The van der Waals surface area contributed by atoms with Crippen LogP contribution in [0.25, 0.3) is 0 Å². The molecule has 0 saturated heterocycles. The molecule has 0 aromatic rings. The third-order valence-corrected chi connectivity index (χ3v) is 3.19. The Morgan fingerprint density at radius 2 is 1.24 bits per heavy atom. The van der Waals surface area contributed by atoms with Gasteiger partial charge in [0, 0.05) is 12.8 Å². The lowest BCUT2D eigenvalue weighted by Gasteiger charge is -1.95. The van der Waals surface area contributed by atoms with Crippen molar-refractivity contribution in [1.82, 2.24) is 0 Å². The molecule has 0 N–H and O–H groups in total. The number of allylic oxidation sites excluding steroid dienone is 8. The normalized spacial score (nSPS) is 12.5. The maximum absolute atomic E-state index is 11.1. The second-order valence-electron chi connectivity index (χ2n) is 5.14. The fraction of sp³-hybridized carbons (Fsp3) is 0.550. The van der Waals surface area contributed by atoms with Crippen molar-refractivity contribution >= 4 is 5.78 Å². The van der Waals surface area contributed by atoms with E-state index in [2.05, 4.69) is 55.5 Å². The summed E-state index contributed by atoms with van der Waals surface area (Å²) in [5, 5.41) is 0. The lowest BCUT2D eigenvalue weighted by molar-refractivity contribution is -0.118. The molecule has 0 saturated carbocycles. The van der Waals surface area contributed by atoms with Crippen molar-refractivity contribution in [3.63, 3.8) is 0 Å². The number of hydrogen-bond donors (Lipinski definition) is 0. The predicted molar refractivity (Wildman–Crippen MR) is 94.5 cm³/mol. The van der Waals surface area contributed by atoms with Crippen LogP contribution in [0.2, 0.25) is 0 Å². The molecule has 0 aromatic carbocycles. The first-order chi connectivity index (χ1) is 10.3. The first kappa shape index (κ1) is 19.6. The molecule has 0 aromatic heterocycles. The fourth-order valence-corrected chi connectivity index (χ4v) is 1.86. The van der Waals surface area contributed by atoms with E-state index >= 15 is 0 Å². The molecule has 0 radical (unpaired) electrons. The van der Waals surface area contributed by atoms with E-state index in [0.29, 0.717) is 12.2 Å². The zero-order chi connectivity index (χ0) is 15.6. The molecule has 0 spiro atoms. The molecule has 0 aliphatic carbocycles. The summed E-state index contributed by atoms with van der Waals surface area (Å²) in [7, 11) is 0. The van der Waals surface area contributed by atoms with E-state index < -0.39 is 0 Å². The van der Waals surface area contributed by atoms with Crippen LogP contribution in [0.15, 0.2) is 48.6 Å². The maximum Gasteiger partial charge on any atom is 0.132 e. The molecular weight excluding hydrogens is 256 g/mol. The first-order valence-electron chi connectivity index (χ1n) is 8.42. The molecule has 0 amide bonds. The minimum atomic E-state index is 0.389. The number of ketones is 1. The van der Waals surface area contributed by atoms with E-state index in [1.165, 1.54) is 0 Å². The zero-order valence-corrected chi connectivity index (χ0v) is 13.9. The molecule has 21 heavy (non-hydrogen) atoms. The molecule has 118 valence electrons. The van der Waals surface area contributed by atoms with Gasteiger partial charge >= 0.3 is 0 Å². The highest BCUT2D eigenvalue weighted by atomic mass is 16.1. The minimum absolute atomic E-state index is 0.389. The maximum atomic E-state index is 11.1. The van der Waals surface area contributed by atoms with E-state index in [0.717, 1.165) is 51.4 Å². The van der Waals surface area contributed by atoms with Crippen molar-refractivity contribution in [2.75, 3.05) is 0 Å². The SMILES string of the molecule is CC/C=C\C/C=C\C/C=C\C/C=C\CCCCC(=O)CC. The van der Waals surface area contributed by atoms with Crippen LogP contribution in [-0.2, 0) is 4.79 Å². The molecule has 0 bridgehead atoms. The van der Waals surface area contributed by atoms with Crippen LogP contribution in [0.5, 0.6) is 0 Å². The monoisotopic (exact) mass is 288 g/mol. The standard InChI is InChI=1S/C20H32O/c1-3-5-6-7-8-9-10-11-12-13-14-15-16-17-18-19-20(21)4-2/h5-6,8-9,11-12,14-15H,3-4,7,10,13,16-19H2,1-2H3/b6-5-,9-8-,12-11-,15-14-. The van der Waals surface area contributed by atoms with Gasteiger partial charge in [0.2, 0.25) is 0 Å². The average Bonchev–Trinajstić information content (AvgIpc) is 2.50. The average molecular weight is 288 g/mol. The van der Waals surface area contributed by atoms with Gasteiger partial charge in [-0.25, -0.2) is 0 Å². The molecule has 0 fully saturated rings. The van der Waals surface area contributed by atoms with Gasteiger partial charge in [0.25, 0.3) is 0 Å². The number of Topliss-reactive ketones (excluding diaryl/α,β-unsaturated/α-hetero) is 1. The van der Waals surface area contributed by atoms with E-state index in [1.807, 2.05) is 6.92 Å². The molecular formula is C20H32O. The van der Waals surface area contributed by atoms with Crippen LogP contribution in [0.4, 0.5) is 0 Å². The number of unbranched alkanes of at least 4 members (excludes halogenated alkanes) is 2. The quantitative estimate of drug-likeness (QED) is 0.286. The number of hydrogen-bond acceptors (Lipinski definition) is 1. The Kier molecular flexibility index (Phi) is 15.6. The van der Waals surface area contributed by atoms with Gasteiger partial charge in [0.05, 0.1) is 0 Å². The summed E-state index contributed by atoms with van der Waals surface area (Å²) in [5.41, 5.74) is 0. The molecule has 1 nitrogen and oxygen atoms in total. The topological polar surface area (TPSA) is 17.1 Å². The summed E-state index contributed by atoms with van der Waals surface area (Å²) >= 11 is 0. The van der Waals surface area contributed by atoms with Crippen LogP contribution < -0.4 is 0 Å². The van der Waals surface area contributed by atoms with Crippen LogP contribution in [0.3, 0.4) is 0 Å². The van der Waals surface area contributed by atoms with Crippen LogP contribution >= 0.6 is 0 Å². The van der Waals surface area contributed by atoms with Crippen LogP contribution in [-0.4, -0.2) is 5.78 Å². The lowest BCUT2D eigenvalue weighted by Crippen LogP contribution is -1.93. The highest BCUT2D eigenvalue weighted by Crippen LogP contribution is 2.03. The Hall–Kier alpha value is -1.37. The van der Waals surface area contributed by atoms with Crippen LogP contribution in [0.1, 0.15) is 71.6 Å². The van der Waals surface area contributed by atoms with Crippen molar-refractivity contribution in [2.45, 2.75) is 71.6 Å². The number of rotatable bonds is 13. The zero-order valence-electron chi connectivity index (χ0n) is 13.9. The van der Waals surface area contributed by atoms with Gasteiger partial charge in [-0.2, -0.15) is 0 Å². The van der Waals surface area contributed by atoms with Gasteiger partial charge in [-0.05, 0) is 44.9 Å². The second kappa shape index (κ2) is 16.7. The molecule has 1 heteroatoms. The fourth-order valence-electron chi connectivity index (χ4n) is 1.86. The van der Waals surface area contributed by atoms with Crippen molar-refractivity contribution < 1.29 is 4.79 Å². The summed E-state index contributed by atoms with van der Waals surface area (Å²) in [4.78, 5) is 11.1. The second-order valence-corrected chi connectivity index (χ2v) is 5.14. The van der Waals surface area contributed by atoms with E-state index in [9.17, 15) is 4.79 Å². The Balaban J connectivity index is 3.40. The molecule has 0 atom stereocenters. The molecule has 0 rings (SSSR count). The molecule has 0 aliphatic heterocycles. The van der Waals surface area contributed by atoms with Gasteiger partial charge in [-0.15, -0.1) is 0 Å². The smallest absolute Gasteiger partial charge is 0.132 e. The van der Waals surface area contributed by atoms with Crippen LogP contribution in [0, 0.1) is 0 Å². The van der Waals surface area contributed by atoms with Crippen molar-refractivity contribution in [2.24, 2.45) is 0 Å². The largest absolute Gasteiger partial charge is 0.300 e. The van der Waals surface area contributed by atoms with Gasteiger partial charge in [-0.1, -0.05) is 62.5 Å². The lowest BCUT2D eigenvalue weighted by atomic mass is 10.1. The summed E-state index contributed by atoms with van der Waals surface area (Å²) in [6.45, 7) is 4.09. The number of carbonyl (C=O) groups is 1. The van der Waals surface area contributed by atoms with Gasteiger partial charge < -0.3 is 0 Å². The Labute approximate surface area is 131 Å². The predicted octanol–water partition coefficient (Wildman–Crippen LogP) is 6.33. The van der Waals surface area contributed by atoms with E-state index in [1.54, 1.807) is 0 Å². The summed E-state index contributed by atoms with van der Waals surface area (Å²) in [6.07, 6.45) is 26.6. The van der Waals surface area contributed by atoms with Gasteiger partial charge in [-0.3, -0.25) is 4.79 Å². The van der Waals surface area contributed by atoms with Gasteiger partial charge in [0.1, 0.15) is 5.78 Å². The number of carbonyl (C=O) groups excluding carboxylic acids is 1. The molecule has 0 aliphatic rings. The minimum Gasteiger partial charge on any atom is -0.300 e. The summed E-state index contributed by atoms with van der Waals surface area (Å²) in [6, 6.07) is 0. The highest BCUT2D eigenvalue weighted by Gasteiger charge is 1.95. The van der Waals surface area contributed by atoms with Gasteiger partial charge in [0.15, 0.2) is 0 Å². The third kappa shape index (κ3) is 16.6. The Morgan fingerprint density at radius 1 is 0.714 bits per heavy atom. The molecule has 0 unspecified atom stereocenters. The summed E-state index contributed by atoms with van der Waals surface area (Å²) in [5.74, 6) is 0.389. The van der Waals surface area contributed by atoms with Crippen molar-refractivity contribution in [3.8, 4) is 0 Å². The van der Waals surface area contributed by atoms with Crippen molar-refractivity contribution in [3.05, 3.63) is 48.6 Å².